The van der Waals surface area contributed by atoms with Gasteiger partial charge in [0.1, 0.15) is 17.6 Å². The number of anilines is 1. The molecule has 0 spiro atoms. The molecule has 0 bridgehead atoms. The van der Waals surface area contributed by atoms with Crippen molar-refractivity contribution in [2.45, 2.75) is 6.92 Å². The van der Waals surface area contributed by atoms with Crippen molar-refractivity contribution in [3.63, 3.8) is 0 Å². The number of likely N-dealkylation sites (N-methyl/N-ethyl adjacent to an activating group) is 1. The van der Waals surface area contributed by atoms with Crippen LogP contribution in [0, 0.1) is 10.1 Å². The quantitative estimate of drug-likeness (QED) is 0.449. The average Bonchev–Trinajstić information content (AvgIpc) is 2.38. The summed E-state index contributed by atoms with van der Waals surface area (Å²) in [5.74, 6) is -1.08. The SMILES string of the molecule is CCOCCN(C)c1ncc([N+](=O)[O-])cc1C(=O)O. The van der Waals surface area contributed by atoms with E-state index in [9.17, 15) is 14.9 Å². The maximum Gasteiger partial charge on any atom is 0.339 e. The van der Waals surface area contributed by atoms with E-state index in [0.717, 1.165) is 12.3 Å². The Labute approximate surface area is 109 Å². The van der Waals surface area contributed by atoms with E-state index in [4.69, 9.17) is 9.84 Å². The highest BCUT2D eigenvalue weighted by atomic mass is 16.6. The maximum absolute atomic E-state index is 11.1. The number of nitro groups is 1. The fourth-order valence-corrected chi connectivity index (χ4v) is 1.46. The molecule has 0 amide bonds. The van der Waals surface area contributed by atoms with E-state index in [1.165, 1.54) is 0 Å². The van der Waals surface area contributed by atoms with Crippen LogP contribution in [0.15, 0.2) is 12.3 Å². The number of nitrogens with zero attached hydrogens (tertiary/aromatic N) is 3. The standard InChI is InChI=1S/C11H15N3O5/c1-3-19-5-4-13(2)10-9(11(15)16)6-8(7-12-10)14(17)18/h6-7H,3-5H2,1-2H3,(H,15,16). The zero-order valence-electron chi connectivity index (χ0n) is 10.7. The average molecular weight is 269 g/mol. The van der Waals surface area contributed by atoms with Crippen LogP contribution in [-0.2, 0) is 4.74 Å². The van der Waals surface area contributed by atoms with E-state index in [2.05, 4.69) is 4.98 Å². The summed E-state index contributed by atoms with van der Waals surface area (Å²) >= 11 is 0. The van der Waals surface area contributed by atoms with Gasteiger partial charge in [-0.2, -0.15) is 0 Å². The summed E-state index contributed by atoms with van der Waals surface area (Å²) in [4.78, 5) is 26.5. The second kappa shape index (κ2) is 6.64. The van der Waals surface area contributed by atoms with E-state index < -0.39 is 10.9 Å². The van der Waals surface area contributed by atoms with Crippen LogP contribution >= 0.6 is 0 Å². The molecule has 19 heavy (non-hydrogen) atoms. The van der Waals surface area contributed by atoms with Gasteiger partial charge < -0.3 is 14.7 Å². The molecular formula is C11H15N3O5. The highest BCUT2D eigenvalue weighted by Gasteiger charge is 2.19. The van der Waals surface area contributed by atoms with Crippen LogP contribution in [0.3, 0.4) is 0 Å². The number of carboxylic acids is 1. The van der Waals surface area contributed by atoms with Crippen molar-refractivity contribution in [1.82, 2.24) is 4.98 Å². The molecule has 104 valence electrons. The number of carboxylic acid groups (broad SMARTS) is 1. The second-order valence-corrected chi connectivity index (χ2v) is 3.75. The lowest BCUT2D eigenvalue weighted by Crippen LogP contribution is -2.25. The predicted molar refractivity (Wildman–Crippen MR) is 67.6 cm³/mol. The van der Waals surface area contributed by atoms with Gasteiger partial charge in [0.2, 0.25) is 0 Å². The molecule has 0 aliphatic rings. The Hall–Kier alpha value is -2.22. The number of hydrogen-bond donors (Lipinski definition) is 1. The first-order valence-corrected chi connectivity index (χ1v) is 5.64. The molecule has 1 rings (SSSR count). The van der Waals surface area contributed by atoms with Crippen molar-refractivity contribution in [3.05, 3.63) is 27.9 Å². The highest BCUT2D eigenvalue weighted by Crippen LogP contribution is 2.21. The van der Waals surface area contributed by atoms with E-state index in [1.54, 1.807) is 11.9 Å². The topological polar surface area (TPSA) is 106 Å². The molecule has 8 nitrogen and oxygen atoms in total. The van der Waals surface area contributed by atoms with Crippen LogP contribution in [-0.4, -0.2) is 47.8 Å². The summed E-state index contributed by atoms with van der Waals surface area (Å²) in [6.45, 7) is 3.28. The smallest absolute Gasteiger partial charge is 0.339 e. The Morgan fingerprint density at radius 3 is 2.84 bits per heavy atom. The lowest BCUT2D eigenvalue weighted by atomic mass is 10.2. The molecule has 0 unspecified atom stereocenters. The van der Waals surface area contributed by atoms with E-state index >= 15 is 0 Å². The lowest BCUT2D eigenvalue weighted by molar-refractivity contribution is -0.385. The van der Waals surface area contributed by atoms with Crippen LogP contribution in [0.25, 0.3) is 0 Å². The molecule has 1 heterocycles. The summed E-state index contributed by atoms with van der Waals surface area (Å²) in [5, 5.41) is 19.7. The van der Waals surface area contributed by atoms with Gasteiger partial charge >= 0.3 is 5.97 Å². The molecule has 0 saturated carbocycles. The Balaban J connectivity index is 2.99. The minimum absolute atomic E-state index is 0.179. The van der Waals surface area contributed by atoms with Crippen LogP contribution in [0.4, 0.5) is 11.5 Å². The summed E-state index contributed by atoms with van der Waals surface area (Å²) in [7, 11) is 1.65. The fraction of sp³-hybridized carbons (Fsp3) is 0.455. The van der Waals surface area contributed by atoms with Crippen LogP contribution in [0.2, 0.25) is 0 Å². The van der Waals surface area contributed by atoms with Gasteiger partial charge in [-0.05, 0) is 6.92 Å². The molecule has 8 heteroatoms. The summed E-state index contributed by atoms with van der Waals surface area (Å²) < 4.78 is 5.16. The van der Waals surface area contributed by atoms with Gasteiger partial charge in [-0.1, -0.05) is 0 Å². The fourth-order valence-electron chi connectivity index (χ4n) is 1.46. The number of carbonyl (C=O) groups is 1. The van der Waals surface area contributed by atoms with Crippen LogP contribution in [0.5, 0.6) is 0 Å². The van der Waals surface area contributed by atoms with E-state index in [1.807, 2.05) is 6.92 Å². The number of hydrogen-bond acceptors (Lipinski definition) is 6. The van der Waals surface area contributed by atoms with Crippen molar-refractivity contribution in [2.24, 2.45) is 0 Å². The van der Waals surface area contributed by atoms with E-state index in [0.29, 0.717) is 19.8 Å². The second-order valence-electron chi connectivity index (χ2n) is 3.75. The molecule has 0 aliphatic carbocycles. The van der Waals surface area contributed by atoms with Crippen molar-refractivity contribution in [1.29, 1.82) is 0 Å². The Morgan fingerprint density at radius 1 is 1.63 bits per heavy atom. The molecule has 0 aliphatic heterocycles. The third-order valence-corrected chi connectivity index (χ3v) is 2.43. The molecule has 1 N–H and O–H groups in total. The molecule has 0 atom stereocenters. The van der Waals surface area contributed by atoms with Gasteiger partial charge in [-0.15, -0.1) is 0 Å². The Kier molecular flexibility index (Phi) is 5.19. The van der Waals surface area contributed by atoms with Crippen molar-refractivity contribution < 1.29 is 19.6 Å². The summed E-state index contributed by atoms with van der Waals surface area (Å²) in [6.07, 6.45) is 1.04. The van der Waals surface area contributed by atoms with Crippen LogP contribution in [0.1, 0.15) is 17.3 Å². The van der Waals surface area contributed by atoms with Gasteiger partial charge in [0.15, 0.2) is 0 Å². The molecule has 0 radical (unpaired) electrons. The van der Waals surface area contributed by atoms with Crippen LogP contribution < -0.4 is 4.90 Å². The first kappa shape index (κ1) is 14.8. The minimum atomic E-state index is -1.26. The summed E-state index contributed by atoms with van der Waals surface area (Å²) in [5.41, 5.74) is -0.549. The normalized spacial score (nSPS) is 10.2. The first-order chi connectivity index (χ1) is 8.97. The van der Waals surface area contributed by atoms with E-state index in [-0.39, 0.29) is 17.1 Å². The number of aromatic carboxylic acids is 1. The molecule has 1 aromatic heterocycles. The van der Waals surface area contributed by atoms with Crippen molar-refractivity contribution in [3.8, 4) is 0 Å². The monoisotopic (exact) mass is 269 g/mol. The highest BCUT2D eigenvalue weighted by molar-refractivity contribution is 5.94. The molecule has 1 aromatic rings. The lowest BCUT2D eigenvalue weighted by Gasteiger charge is -2.19. The number of rotatable bonds is 7. The molecule has 0 fully saturated rings. The van der Waals surface area contributed by atoms with Crippen molar-refractivity contribution >= 4 is 17.5 Å². The molecular weight excluding hydrogens is 254 g/mol. The van der Waals surface area contributed by atoms with Gasteiger partial charge in [-0.25, -0.2) is 9.78 Å². The number of pyridine rings is 1. The molecule has 0 saturated heterocycles. The summed E-state index contributed by atoms with van der Waals surface area (Å²) in [6, 6.07) is 1.00. The van der Waals surface area contributed by atoms with Gasteiger partial charge in [0, 0.05) is 26.3 Å². The van der Waals surface area contributed by atoms with Gasteiger partial charge in [0.25, 0.3) is 5.69 Å². The minimum Gasteiger partial charge on any atom is -0.478 e. The van der Waals surface area contributed by atoms with Gasteiger partial charge in [-0.3, -0.25) is 10.1 Å². The zero-order chi connectivity index (χ0) is 14.4. The van der Waals surface area contributed by atoms with Gasteiger partial charge in [0.05, 0.1) is 11.5 Å². The first-order valence-electron chi connectivity index (χ1n) is 5.64. The third kappa shape index (κ3) is 3.88. The van der Waals surface area contributed by atoms with Crippen molar-refractivity contribution in [2.75, 3.05) is 31.7 Å². The maximum atomic E-state index is 11.1. The number of ether oxygens (including phenoxy) is 1. The zero-order valence-corrected chi connectivity index (χ0v) is 10.7. The predicted octanol–water partition coefficient (Wildman–Crippen LogP) is 1.16. The Bertz CT molecular complexity index is 477. The number of aromatic nitrogens is 1. The Morgan fingerprint density at radius 2 is 2.32 bits per heavy atom. The largest absolute Gasteiger partial charge is 0.478 e. The third-order valence-electron chi connectivity index (χ3n) is 2.43. The molecule has 0 aromatic carbocycles.